The smallest absolute Gasteiger partial charge is 0.260 e. The second-order valence-corrected chi connectivity index (χ2v) is 7.17. The highest BCUT2D eigenvalue weighted by molar-refractivity contribution is 7.22. The number of nitrogens with zero attached hydrogens (tertiary/aromatic N) is 5. The standard InChI is InChI=1S/C21H15N5O2S/c1-28-17-6-7-18-19(8-17)29-21(25-18)26(12-15-10-23-13-24-11-15)20(27)16-4-2-14(9-22)3-5-16/h2-8,10-11,13H,12H2,1H3. The second-order valence-electron chi connectivity index (χ2n) is 6.16. The normalized spacial score (nSPS) is 10.5. The number of hydrogen-bond acceptors (Lipinski definition) is 7. The summed E-state index contributed by atoms with van der Waals surface area (Å²) in [6, 6.07) is 14.2. The third-order valence-corrected chi connectivity index (χ3v) is 5.32. The number of methoxy groups -OCH3 is 1. The van der Waals surface area contributed by atoms with Crippen LogP contribution in [-0.4, -0.2) is 28.0 Å². The zero-order valence-corrected chi connectivity index (χ0v) is 16.3. The van der Waals surface area contributed by atoms with Gasteiger partial charge in [0.2, 0.25) is 0 Å². The number of aromatic nitrogens is 3. The number of fused-ring (bicyclic) bond motifs is 1. The number of benzene rings is 2. The Bertz CT molecular complexity index is 1200. The molecule has 0 aliphatic heterocycles. The monoisotopic (exact) mass is 401 g/mol. The van der Waals surface area contributed by atoms with E-state index in [0.29, 0.717) is 16.3 Å². The maximum absolute atomic E-state index is 13.3. The summed E-state index contributed by atoms with van der Waals surface area (Å²) in [6.45, 7) is 0.274. The van der Waals surface area contributed by atoms with E-state index in [-0.39, 0.29) is 12.5 Å². The minimum atomic E-state index is -0.218. The van der Waals surface area contributed by atoms with Crippen LogP contribution < -0.4 is 9.64 Å². The number of thiazole rings is 1. The van der Waals surface area contributed by atoms with Crippen LogP contribution in [0.15, 0.2) is 61.2 Å². The summed E-state index contributed by atoms with van der Waals surface area (Å²) in [5, 5.41) is 9.56. The maximum Gasteiger partial charge on any atom is 0.260 e. The molecular weight excluding hydrogens is 386 g/mol. The molecule has 2 aromatic heterocycles. The number of ether oxygens (including phenoxy) is 1. The molecule has 0 spiro atoms. The Labute approximate surface area is 170 Å². The molecule has 29 heavy (non-hydrogen) atoms. The maximum atomic E-state index is 13.3. The number of carbonyl (C=O) groups is 1. The van der Waals surface area contributed by atoms with E-state index in [4.69, 9.17) is 10.00 Å². The van der Waals surface area contributed by atoms with Crippen LogP contribution in [0, 0.1) is 11.3 Å². The van der Waals surface area contributed by atoms with Gasteiger partial charge >= 0.3 is 0 Å². The van der Waals surface area contributed by atoms with E-state index in [1.807, 2.05) is 18.2 Å². The van der Waals surface area contributed by atoms with E-state index < -0.39 is 0 Å². The first kappa shape index (κ1) is 18.5. The molecule has 2 aromatic carbocycles. The molecule has 0 N–H and O–H groups in total. The summed E-state index contributed by atoms with van der Waals surface area (Å²) in [4.78, 5) is 27.6. The predicted molar refractivity (Wildman–Crippen MR) is 110 cm³/mol. The first-order valence-corrected chi connectivity index (χ1v) is 9.50. The lowest BCUT2D eigenvalue weighted by Crippen LogP contribution is -2.30. The molecule has 0 saturated carbocycles. The second kappa shape index (κ2) is 8.04. The molecule has 0 saturated heterocycles. The van der Waals surface area contributed by atoms with Crippen molar-refractivity contribution in [3.05, 3.63) is 77.9 Å². The Morgan fingerprint density at radius 1 is 1.17 bits per heavy atom. The first-order chi connectivity index (χ1) is 14.2. The summed E-state index contributed by atoms with van der Waals surface area (Å²) in [5.74, 6) is 0.512. The summed E-state index contributed by atoms with van der Waals surface area (Å²) in [6.07, 6.45) is 4.78. The molecule has 4 rings (SSSR count). The van der Waals surface area contributed by atoms with E-state index in [1.165, 1.54) is 17.7 Å². The van der Waals surface area contributed by atoms with Crippen molar-refractivity contribution >= 4 is 32.6 Å². The molecule has 1 amide bonds. The highest BCUT2D eigenvalue weighted by Gasteiger charge is 2.22. The number of carbonyl (C=O) groups excluding carboxylic acids is 1. The van der Waals surface area contributed by atoms with Crippen molar-refractivity contribution in [1.29, 1.82) is 5.26 Å². The van der Waals surface area contributed by atoms with Crippen LogP contribution in [0.2, 0.25) is 0 Å². The van der Waals surface area contributed by atoms with Gasteiger partial charge in [0.15, 0.2) is 5.13 Å². The van der Waals surface area contributed by atoms with Crippen LogP contribution in [0.4, 0.5) is 5.13 Å². The number of amides is 1. The molecular formula is C21H15N5O2S. The third kappa shape index (κ3) is 3.90. The van der Waals surface area contributed by atoms with Gasteiger partial charge in [-0.2, -0.15) is 5.26 Å². The average Bonchev–Trinajstić information content (AvgIpc) is 3.20. The number of anilines is 1. The van der Waals surface area contributed by atoms with Crippen molar-refractivity contribution in [3.8, 4) is 11.8 Å². The highest BCUT2D eigenvalue weighted by atomic mass is 32.1. The van der Waals surface area contributed by atoms with Crippen LogP contribution in [-0.2, 0) is 6.54 Å². The van der Waals surface area contributed by atoms with Crippen LogP contribution in [0.3, 0.4) is 0 Å². The van der Waals surface area contributed by atoms with Crippen molar-refractivity contribution in [2.24, 2.45) is 0 Å². The molecule has 142 valence electrons. The fraction of sp³-hybridized carbons (Fsp3) is 0.0952. The molecule has 7 nitrogen and oxygen atoms in total. The van der Waals surface area contributed by atoms with E-state index in [0.717, 1.165) is 21.5 Å². The number of hydrogen-bond donors (Lipinski definition) is 0. The van der Waals surface area contributed by atoms with Crippen molar-refractivity contribution < 1.29 is 9.53 Å². The van der Waals surface area contributed by atoms with Gasteiger partial charge in [0.1, 0.15) is 12.1 Å². The van der Waals surface area contributed by atoms with Crippen molar-refractivity contribution in [1.82, 2.24) is 15.0 Å². The Kier molecular flexibility index (Phi) is 5.14. The molecule has 4 aromatic rings. The molecule has 0 aliphatic rings. The van der Waals surface area contributed by atoms with Crippen LogP contribution in [0.5, 0.6) is 5.75 Å². The molecule has 0 unspecified atom stereocenters. The fourth-order valence-corrected chi connectivity index (χ4v) is 3.79. The van der Waals surface area contributed by atoms with Gasteiger partial charge in [0.05, 0.1) is 35.5 Å². The van der Waals surface area contributed by atoms with Gasteiger partial charge in [0.25, 0.3) is 5.91 Å². The molecule has 0 radical (unpaired) electrons. The van der Waals surface area contributed by atoms with Crippen molar-refractivity contribution in [3.63, 3.8) is 0 Å². The Balaban J connectivity index is 1.75. The highest BCUT2D eigenvalue weighted by Crippen LogP contribution is 2.33. The van der Waals surface area contributed by atoms with Gasteiger partial charge in [-0.1, -0.05) is 11.3 Å². The fourth-order valence-electron chi connectivity index (χ4n) is 2.80. The molecule has 8 heteroatoms. The largest absolute Gasteiger partial charge is 0.497 e. The lowest BCUT2D eigenvalue weighted by molar-refractivity contribution is 0.0985. The van der Waals surface area contributed by atoms with Gasteiger partial charge < -0.3 is 4.74 Å². The average molecular weight is 401 g/mol. The van der Waals surface area contributed by atoms with E-state index in [9.17, 15) is 4.79 Å². The zero-order valence-electron chi connectivity index (χ0n) is 15.4. The quantitative estimate of drug-likeness (QED) is 0.505. The van der Waals surface area contributed by atoms with Gasteiger partial charge in [-0.15, -0.1) is 0 Å². The predicted octanol–water partition coefficient (Wildman–Crippen LogP) is 3.81. The van der Waals surface area contributed by atoms with Crippen LogP contribution >= 0.6 is 11.3 Å². The minimum absolute atomic E-state index is 0.218. The summed E-state index contributed by atoms with van der Waals surface area (Å²) >= 11 is 1.41. The number of rotatable bonds is 5. The Hall–Kier alpha value is -3.83. The molecule has 2 heterocycles. The van der Waals surface area contributed by atoms with Crippen LogP contribution in [0.1, 0.15) is 21.5 Å². The van der Waals surface area contributed by atoms with Gasteiger partial charge in [-0.3, -0.25) is 9.69 Å². The van der Waals surface area contributed by atoms with Gasteiger partial charge in [0, 0.05) is 23.5 Å². The van der Waals surface area contributed by atoms with Gasteiger partial charge in [-0.05, 0) is 42.5 Å². The summed E-state index contributed by atoms with van der Waals surface area (Å²) in [5.41, 5.74) is 2.54. The minimum Gasteiger partial charge on any atom is -0.497 e. The topological polar surface area (TPSA) is 92.0 Å². The summed E-state index contributed by atoms with van der Waals surface area (Å²) < 4.78 is 6.20. The first-order valence-electron chi connectivity index (χ1n) is 8.68. The molecule has 0 fully saturated rings. The lowest BCUT2D eigenvalue weighted by Gasteiger charge is -2.19. The van der Waals surface area contributed by atoms with Gasteiger partial charge in [-0.25, -0.2) is 15.0 Å². The van der Waals surface area contributed by atoms with E-state index >= 15 is 0 Å². The molecule has 0 aliphatic carbocycles. The zero-order chi connectivity index (χ0) is 20.2. The Morgan fingerprint density at radius 2 is 1.93 bits per heavy atom. The molecule has 0 bridgehead atoms. The van der Waals surface area contributed by atoms with E-state index in [2.05, 4.69) is 21.0 Å². The van der Waals surface area contributed by atoms with Crippen molar-refractivity contribution in [2.75, 3.05) is 12.0 Å². The van der Waals surface area contributed by atoms with E-state index in [1.54, 1.807) is 48.7 Å². The molecule has 0 atom stereocenters. The summed E-state index contributed by atoms with van der Waals surface area (Å²) in [7, 11) is 1.61. The Morgan fingerprint density at radius 3 is 2.62 bits per heavy atom. The third-order valence-electron chi connectivity index (χ3n) is 4.28. The lowest BCUT2D eigenvalue weighted by atomic mass is 10.1. The van der Waals surface area contributed by atoms with Crippen molar-refractivity contribution in [2.45, 2.75) is 6.54 Å². The number of nitriles is 1. The van der Waals surface area contributed by atoms with Crippen LogP contribution in [0.25, 0.3) is 10.2 Å². The SMILES string of the molecule is COc1ccc2nc(N(Cc3cncnc3)C(=O)c3ccc(C#N)cc3)sc2c1.